The van der Waals surface area contributed by atoms with E-state index in [9.17, 15) is 19.5 Å². The Morgan fingerprint density at radius 1 is 1.15 bits per heavy atom. The van der Waals surface area contributed by atoms with Gasteiger partial charge >= 0.3 is 12.1 Å². The van der Waals surface area contributed by atoms with E-state index in [1.807, 2.05) is 6.92 Å². The van der Waals surface area contributed by atoms with Crippen molar-refractivity contribution < 1.29 is 33.7 Å². The molecule has 8 nitrogen and oxygen atoms in total. The zero-order chi connectivity index (χ0) is 29.3. The van der Waals surface area contributed by atoms with Gasteiger partial charge in [0, 0.05) is 11.8 Å². The number of ketones is 1. The molecule has 4 aliphatic carbocycles. The lowest BCUT2D eigenvalue weighted by molar-refractivity contribution is -0.320. The molecule has 4 saturated carbocycles. The number of alkyl carbamates (subject to hydrolysis) is 1. The van der Waals surface area contributed by atoms with E-state index in [0.717, 1.165) is 19.3 Å². The van der Waals surface area contributed by atoms with Crippen molar-refractivity contribution in [2.45, 2.75) is 136 Å². The van der Waals surface area contributed by atoms with Gasteiger partial charge in [0.1, 0.15) is 30.0 Å². The number of nitrogens with one attached hydrogen (secondary N) is 1. The number of hydrogen-bond acceptors (Lipinski definition) is 7. The van der Waals surface area contributed by atoms with Crippen molar-refractivity contribution in [1.82, 2.24) is 5.32 Å². The minimum Gasteiger partial charge on any atom is -0.461 e. The third kappa shape index (κ3) is 4.50. The fourth-order valence-corrected chi connectivity index (χ4v) is 10.4. The fourth-order valence-electron chi connectivity index (χ4n) is 10.4. The Morgan fingerprint density at radius 3 is 2.55 bits per heavy atom. The topological polar surface area (TPSA) is 111 Å². The van der Waals surface area contributed by atoms with E-state index >= 15 is 0 Å². The van der Waals surface area contributed by atoms with Gasteiger partial charge in [-0.05, 0) is 101 Å². The highest BCUT2D eigenvalue weighted by Gasteiger charge is 2.77. The molecule has 40 heavy (non-hydrogen) atoms. The Kier molecular flexibility index (Phi) is 7.64. The first kappa shape index (κ1) is 29.8. The molecule has 0 unspecified atom stereocenters. The van der Waals surface area contributed by atoms with Gasteiger partial charge in [-0.15, -0.1) is 0 Å². The van der Waals surface area contributed by atoms with Crippen molar-refractivity contribution in [3.8, 4) is 0 Å². The predicted molar refractivity (Wildman–Crippen MR) is 149 cm³/mol. The summed E-state index contributed by atoms with van der Waals surface area (Å²) in [5.74, 6) is 1.37. The highest BCUT2D eigenvalue weighted by molar-refractivity contribution is 5.95. The number of hydrogen-bond donors (Lipinski definition) is 2. The van der Waals surface area contributed by atoms with Gasteiger partial charge in [0.25, 0.3) is 0 Å². The van der Waals surface area contributed by atoms with Crippen LogP contribution in [0.15, 0.2) is 0 Å². The summed E-state index contributed by atoms with van der Waals surface area (Å²) in [6, 6.07) is 0. The van der Waals surface area contributed by atoms with Gasteiger partial charge in [0.2, 0.25) is 0 Å². The van der Waals surface area contributed by atoms with Gasteiger partial charge in [0.05, 0.1) is 6.10 Å². The molecule has 2 saturated heterocycles. The molecule has 2 aliphatic heterocycles. The fraction of sp³-hybridized carbons (Fsp3) is 0.906. The number of ether oxygens (including phenoxy) is 3. The van der Waals surface area contributed by atoms with Gasteiger partial charge in [-0.1, -0.05) is 33.6 Å². The molecule has 0 aromatic carbocycles. The van der Waals surface area contributed by atoms with Crippen LogP contribution in [0.2, 0.25) is 0 Å². The quantitative estimate of drug-likeness (QED) is 0.429. The van der Waals surface area contributed by atoms with Crippen molar-refractivity contribution in [2.24, 2.45) is 40.4 Å². The Labute approximate surface area is 239 Å². The Hall–Kier alpha value is -1.67. The van der Waals surface area contributed by atoms with E-state index < -0.39 is 40.9 Å². The number of rotatable bonds is 6. The van der Waals surface area contributed by atoms with Crippen LogP contribution in [0.3, 0.4) is 0 Å². The second-order valence-corrected chi connectivity index (χ2v) is 15.0. The molecule has 8 heteroatoms. The van der Waals surface area contributed by atoms with Crippen molar-refractivity contribution >= 4 is 17.8 Å². The Bertz CT molecular complexity index is 1020. The molecule has 6 fully saturated rings. The summed E-state index contributed by atoms with van der Waals surface area (Å²) in [5, 5.41) is 14.7. The third-order valence-corrected chi connectivity index (χ3v) is 11.8. The van der Waals surface area contributed by atoms with Crippen molar-refractivity contribution in [2.75, 3.05) is 6.54 Å². The van der Waals surface area contributed by atoms with Gasteiger partial charge in [-0.25, -0.2) is 4.79 Å². The van der Waals surface area contributed by atoms with E-state index in [0.29, 0.717) is 30.6 Å². The maximum absolute atomic E-state index is 14.1. The molecule has 2 bridgehead atoms. The zero-order valence-electron chi connectivity index (χ0n) is 25.6. The first-order chi connectivity index (χ1) is 18.7. The van der Waals surface area contributed by atoms with E-state index in [-0.39, 0.29) is 42.1 Å². The van der Waals surface area contributed by atoms with Crippen LogP contribution in [0.4, 0.5) is 4.79 Å². The van der Waals surface area contributed by atoms with Gasteiger partial charge in [-0.3, -0.25) is 9.59 Å². The summed E-state index contributed by atoms with van der Waals surface area (Å²) >= 11 is 0. The van der Waals surface area contributed by atoms with Crippen molar-refractivity contribution in [3.63, 3.8) is 0 Å². The summed E-state index contributed by atoms with van der Waals surface area (Å²) in [5.41, 5.74) is -2.69. The number of esters is 1. The first-order valence-electron chi connectivity index (χ1n) is 15.8. The molecule has 226 valence electrons. The van der Waals surface area contributed by atoms with Gasteiger partial charge in [0.15, 0.2) is 5.78 Å². The van der Waals surface area contributed by atoms with Crippen LogP contribution in [0.25, 0.3) is 0 Å². The normalized spacial score (nSPS) is 44.7. The highest BCUT2D eigenvalue weighted by atomic mass is 16.6. The maximum atomic E-state index is 14.1. The lowest BCUT2D eigenvalue weighted by atomic mass is 9.39. The minimum absolute atomic E-state index is 0.0928. The zero-order valence-corrected chi connectivity index (χ0v) is 25.6. The van der Waals surface area contributed by atoms with Crippen LogP contribution < -0.4 is 5.32 Å². The molecule has 6 aliphatic rings. The first-order valence-corrected chi connectivity index (χ1v) is 15.8. The third-order valence-electron chi connectivity index (χ3n) is 11.8. The summed E-state index contributed by atoms with van der Waals surface area (Å²) in [7, 11) is 0. The molecule has 11 atom stereocenters. The molecule has 0 aromatic rings. The standard InChI is InChI=1S/C32H51NO7/c1-8-9-18(2)21-10-11-22-25-23(13-14-30(21,22)7)31-15-12-20(16-32(31,37)27(35)26(25)38-19(31)3)39-24(34)17-33-28(36)40-29(4,5)6/h18-23,25-26,37H,8-17H2,1-7H3,(H,33,36)/t18-,19-,20+,21-,22+,23+,25+,26-,30-,31+,32+/m1/s1. The average Bonchev–Trinajstić information content (AvgIpc) is 3.21. The van der Waals surface area contributed by atoms with E-state index in [1.165, 1.54) is 19.3 Å². The van der Waals surface area contributed by atoms with Gasteiger partial charge in [-0.2, -0.15) is 0 Å². The van der Waals surface area contributed by atoms with Crippen LogP contribution in [-0.2, 0) is 23.8 Å². The number of carbonyl (C=O) groups excluding carboxylic acids is 3. The molecular weight excluding hydrogens is 510 g/mol. The second-order valence-electron chi connectivity index (χ2n) is 15.0. The van der Waals surface area contributed by atoms with E-state index in [2.05, 4.69) is 26.1 Å². The maximum Gasteiger partial charge on any atom is 0.408 e. The molecule has 2 N–H and O–H groups in total. The van der Waals surface area contributed by atoms with Crippen molar-refractivity contribution in [3.05, 3.63) is 0 Å². The molecular formula is C32H51NO7. The highest BCUT2D eigenvalue weighted by Crippen LogP contribution is 2.72. The molecule has 6 rings (SSSR count). The lowest BCUT2D eigenvalue weighted by Crippen LogP contribution is -2.80. The van der Waals surface area contributed by atoms with Crippen LogP contribution in [0.1, 0.15) is 106 Å². The SMILES string of the molecule is CCC[C@@H](C)[C@H]1CC[C@H]2[C@@H]3[C@H]4O[C@H](C)[C@@]5(CC[C@H](OC(=O)CNC(=O)OC(C)(C)C)C[C@]5(O)C4=O)[C@H]3CC[C@]12C. The van der Waals surface area contributed by atoms with E-state index in [1.54, 1.807) is 20.8 Å². The monoisotopic (exact) mass is 561 g/mol. The minimum atomic E-state index is -1.57. The second kappa shape index (κ2) is 10.3. The number of Topliss-reactive ketones (excluding diaryl/α,β-unsaturated/α-hetero) is 1. The summed E-state index contributed by atoms with van der Waals surface area (Å²) in [4.78, 5) is 38.7. The number of amides is 1. The summed E-state index contributed by atoms with van der Waals surface area (Å²) in [6.07, 6.45) is 6.08. The van der Waals surface area contributed by atoms with Crippen LogP contribution in [0.5, 0.6) is 0 Å². The Balaban J connectivity index is 1.32. The van der Waals surface area contributed by atoms with Crippen LogP contribution in [0, 0.1) is 40.4 Å². The molecule has 0 radical (unpaired) electrons. The lowest BCUT2D eigenvalue weighted by Gasteiger charge is -2.70. The summed E-state index contributed by atoms with van der Waals surface area (Å²) in [6.45, 7) is 14.1. The molecule has 1 amide bonds. The average molecular weight is 562 g/mol. The smallest absolute Gasteiger partial charge is 0.408 e. The molecule has 0 aromatic heterocycles. The summed E-state index contributed by atoms with van der Waals surface area (Å²) < 4.78 is 17.4. The number of aliphatic hydroxyl groups is 1. The largest absolute Gasteiger partial charge is 0.461 e. The van der Waals surface area contributed by atoms with Crippen molar-refractivity contribution in [1.29, 1.82) is 0 Å². The predicted octanol–water partition coefficient (Wildman–Crippen LogP) is 5.19. The Morgan fingerprint density at radius 2 is 1.88 bits per heavy atom. The number of carbonyl (C=O) groups is 3. The van der Waals surface area contributed by atoms with Gasteiger partial charge < -0.3 is 24.6 Å². The molecule has 2 heterocycles. The van der Waals surface area contributed by atoms with Crippen LogP contribution >= 0.6 is 0 Å². The van der Waals surface area contributed by atoms with Crippen LogP contribution in [-0.4, -0.2) is 59.0 Å². The molecule has 1 spiro atoms. The van der Waals surface area contributed by atoms with E-state index in [4.69, 9.17) is 14.2 Å². The number of fused-ring (bicyclic) bond motifs is 2.